The molecule has 0 fully saturated rings. The summed E-state index contributed by atoms with van der Waals surface area (Å²) in [5.41, 5.74) is 0. The smallest absolute Gasteiger partial charge is 0.221 e. The Balaban J connectivity index is 0. The molecule has 1 nitrogen and oxygen atoms in total. The van der Waals surface area contributed by atoms with Gasteiger partial charge < -0.3 is 0 Å². The molecular formula is C12H23ClNaO. The molecule has 0 N–H and O–H groups in total. The van der Waals surface area contributed by atoms with Crippen molar-refractivity contribution in [2.75, 3.05) is 0 Å². The van der Waals surface area contributed by atoms with Crippen LogP contribution in [-0.2, 0) is 4.79 Å². The van der Waals surface area contributed by atoms with Crippen LogP contribution in [0.3, 0.4) is 0 Å². The molecule has 0 aliphatic carbocycles. The third kappa shape index (κ3) is 17.6. The van der Waals surface area contributed by atoms with Crippen molar-refractivity contribution in [2.45, 2.75) is 71.1 Å². The first-order valence-electron chi connectivity index (χ1n) is 5.95. The van der Waals surface area contributed by atoms with E-state index in [9.17, 15) is 4.79 Å². The minimum atomic E-state index is -0.187. The number of rotatable bonds is 10. The fourth-order valence-electron chi connectivity index (χ4n) is 1.57. The van der Waals surface area contributed by atoms with Gasteiger partial charge in [-0.05, 0) is 18.0 Å². The van der Waals surface area contributed by atoms with Crippen LogP contribution >= 0.6 is 11.6 Å². The van der Waals surface area contributed by atoms with Gasteiger partial charge in [0.1, 0.15) is 0 Å². The van der Waals surface area contributed by atoms with Crippen molar-refractivity contribution in [1.82, 2.24) is 0 Å². The molecule has 0 rings (SSSR count). The van der Waals surface area contributed by atoms with E-state index in [0.29, 0.717) is 6.42 Å². The van der Waals surface area contributed by atoms with E-state index < -0.39 is 0 Å². The first kappa shape index (κ1) is 18.3. The average Bonchev–Trinajstić information content (AvgIpc) is 2.15. The van der Waals surface area contributed by atoms with E-state index in [2.05, 4.69) is 6.92 Å². The molecule has 1 radical (unpaired) electrons. The second kappa shape index (κ2) is 15.0. The molecule has 0 bridgehead atoms. The molecule has 0 aliphatic rings. The van der Waals surface area contributed by atoms with E-state index in [1.807, 2.05) is 0 Å². The molecule has 3 heteroatoms. The van der Waals surface area contributed by atoms with Crippen LogP contribution in [0, 0.1) is 0 Å². The second-order valence-electron chi connectivity index (χ2n) is 3.93. The predicted molar refractivity (Wildman–Crippen MR) is 68.5 cm³/mol. The fraction of sp³-hybridized carbons (Fsp3) is 0.917. The minimum absolute atomic E-state index is 0. The topological polar surface area (TPSA) is 17.1 Å². The third-order valence-corrected chi connectivity index (χ3v) is 2.67. The molecule has 0 heterocycles. The van der Waals surface area contributed by atoms with Gasteiger partial charge in [-0.1, -0.05) is 58.3 Å². The summed E-state index contributed by atoms with van der Waals surface area (Å²) in [6.45, 7) is 2.24. The van der Waals surface area contributed by atoms with Gasteiger partial charge in [-0.15, -0.1) is 0 Å². The largest absolute Gasteiger partial charge is 0.281 e. The molecular weight excluding hydrogens is 219 g/mol. The van der Waals surface area contributed by atoms with Crippen molar-refractivity contribution in [1.29, 1.82) is 0 Å². The van der Waals surface area contributed by atoms with Gasteiger partial charge in [-0.2, -0.15) is 0 Å². The zero-order valence-electron chi connectivity index (χ0n) is 10.4. The Morgan fingerprint density at radius 2 is 1.27 bits per heavy atom. The van der Waals surface area contributed by atoms with Gasteiger partial charge in [0, 0.05) is 36.0 Å². The van der Waals surface area contributed by atoms with E-state index in [1.54, 1.807) is 0 Å². The van der Waals surface area contributed by atoms with Crippen LogP contribution < -0.4 is 0 Å². The monoisotopic (exact) mass is 241 g/mol. The maximum atomic E-state index is 10.4. The second-order valence-corrected chi connectivity index (χ2v) is 4.36. The van der Waals surface area contributed by atoms with Gasteiger partial charge in [0.05, 0.1) is 0 Å². The number of hydrogen-bond donors (Lipinski definition) is 0. The SMILES string of the molecule is CCCCCCCCCCCC(=O)Cl.[Na]. The molecule has 0 aromatic carbocycles. The van der Waals surface area contributed by atoms with E-state index in [1.165, 1.54) is 44.9 Å². The van der Waals surface area contributed by atoms with Crippen molar-refractivity contribution in [2.24, 2.45) is 0 Å². The Morgan fingerprint density at radius 3 is 1.67 bits per heavy atom. The molecule has 0 saturated heterocycles. The molecule has 0 aromatic rings. The first-order valence-corrected chi connectivity index (χ1v) is 6.33. The van der Waals surface area contributed by atoms with Crippen molar-refractivity contribution in [3.05, 3.63) is 0 Å². The molecule has 0 spiro atoms. The third-order valence-electron chi connectivity index (χ3n) is 2.48. The summed E-state index contributed by atoms with van der Waals surface area (Å²) >= 11 is 5.24. The number of carbonyl (C=O) groups excluding carboxylic acids is 1. The zero-order chi connectivity index (χ0) is 10.6. The van der Waals surface area contributed by atoms with Gasteiger partial charge in [-0.25, -0.2) is 0 Å². The minimum Gasteiger partial charge on any atom is -0.281 e. The van der Waals surface area contributed by atoms with Crippen LogP contribution in [-0.4, -0.2) is 34.8 Å². The Bertz CT molecular complexity index is 140. The molecule has 0 aliphatic heterocycles. The average molecular weight is 242 g/mol. The quantitative estimate of drug-likeness (QED) is 0.317. The van der Waals surface area contributed by atoms with Crippen LogP contribution in [0.1, 0.15) is 71.1 Å². The van der Waals surface area contributed by atoms with Gasteiger partial charge in [0.15, 0.2) is 0 Å². The molecule has 85 valence electrons. The number of carbonyl (C=O) groups is 1. The summed E-state index contributed by atoms with van der Waals surface area (Å²) in [4.78, 5) is 10.4. The van der Waals surface area contributed by atoms with Crippen molar-refractivity contribution < 1.29 is 4.79 Å². The van der Waals surface area contributed by atoms with Crippen molar-refractivity contribution in [3.8, 4) is 0 Å². The van der Waals surface area contributed by atoms with Gasteiger partial charge >= 0.3 is 0 Å². The van der Waals surface area contributed by atoms with Gasteiger partial charge in [-0.3, -0.25) is 4.79 Å². The van der Waals surface area contributed by atoms with Crippen molar-refractivity contribution in [3.63, 3.8) is 0 Å². The molecule has 0 unspecified atom stereocenters. The Morgan fingerprint density at radius 1 is 0.867 bits per heavy atom. The Hall–Kier alpha value is 0.960. The van der Waals surface area contributed by atoms with Crippen LogP contribution in [0.25, 0.3) is 0 Å². The van der Waals surface area contributed by atoms with Crippen LogP contribution in [0.15, 0.2) is 0 Å². The number of unbranched alkanes of at least 4 members (excludes halogenated alkanes) is 8. The van der Waals surface area contributed by atoms with Crippen LogP contribution in [0.5, 0.6) is 0 Å². The predicted octanol–water partition coefficient (Wildman–Crippen LogP) is 4.29. The van der Waals surface area contributed by atoms with E-state index in [4.69, 9.17) is 11.6 Å². The van der Waals surface area contributed by atoms with Gasteiger partial charge in [0.2, 0.25) is 5.24 Å². The fourth-order valence-corrected chi connectivity index (χ4v) is 1.71. The van der Waals surface area contributed by atoms with E-state index in [-0.39, 0.29) is 34.8 Å². The molecule has 0 aromatic heterocycles. The molecule has 15 heavy (non-hydrogen) atoms. The summed E-state index contributed by atoms with van der Waals surface area (Å²) < 4.78 is 0. The standard InChI is InChI=1S/C12H23ClO.Na/c1-2-3-4-5-6-7-8-9-10-11-12(13)14;/h2-11H2,1H3;. The van der Waals surface area contributed by atoms with Crippen molar-refractivity contribution >= 4 is 46.4 Å². The van der Waals surface area contributed by atoms with Crippen LogP contribution in [0.4, 0.5) is 0 Å². The van der Waals surface area contributed by atoms with Gasteiger partial charge in [0.25, 0.3) is 0 Å². The summed E-state index contributed by atoms with van der Waals surface area (Å²) in [5.74, 6) is 0. The molecule has 0 atom stereocenters. The first-order chi connectivity index (χ1) is 6.77. The Kier molecular flexibility index (Phi) is 18.3. The zero-order valence-corrected chi connectivity index (χ0v) is 13.1. The molecule has 0 amide bonds. The maximum Gasteiger partial charge on any atom is 0.221 e. The summed E-state index contributed by atoms with van der Waals surface area (Å²) in [6, 6.07) is 0. The van der Waals surface area contributed by atoms with E-state index in [0.717, 1.165) is 12.8 Å². The normalized spacial score (nSPS) is 9.73. The Labute approximate surface area is 122 Å². The summed E-state index contributed by atoms with van der Waals surface area (Å²) in [5, 5.41) is -0.187. The summed E-state index contributed by atoms with van der Waals surface area (Å²) in [7, 11) is 0. The molecule has 0 saturated carbocycles. The number of hydrogen-bond acceptors (Lipinski definition) is 1. The summed E-state index contributed by atoms with van der Waals surface area (Å²) in [6.07, 6.45) is 12.1. The number of halogens is 1. The van der Waals surface area contributed by atoms with E-state index >= 15 is 0 Å². The van der Waals surface area contributed by atoms with Crippen LogP contribution in [0.2, 0.25) is 0 Å². The maximum absolute atomic E-state index is 10.4.